The fourth-order valence-electron chi connectivity index (χ4n) is 2.85. The SMILES string of the molecule is COC1CN(C(=O)N2CCC(C(=O)O)C2)CCC1C. The quantitative estimate of drug-likeness (QED) is 0.808. The number of carboxylic acids is 1. The molecule has 6 nitrogen and oxygen atoms in total. The summed E-state index contributed by atoms with van der Waals surface area (Å²) < 4.78 is 5.40. The first kappa shape index (κ1) is 14.1. The first-order chi connectivity index (χ1) is 9.02. The van der Waals surface area contributed by atoms with Gasteiger partial charge in [0.15, 0.2) is 0 Å². The summed E-state index contributed by atoms with van der Waals surface area (Å²) in [6, 6.07) is -0.0438. The second-order valence-electron chi connectivity index (χ2n) is 5.54. The zero-order valence-corrected chi connectivity index (χ0v) is 11.5. The minimum atomic E-state index is -0.808. The lowest BCUT2D eigenvalue weighted by Gasteiger charge is -2.38. The smallest absolute Gasteiger partial charge is 0.320 e. The van der Waals surface area contributed by atoms with Crippen LogP contribution in [0.5, 0.6) is 0 Å². The molecule has 2 heterocycles. The van der Waals surface area contributed by atoms with Crippen LogP contribution in [0.4, 0.5) is 4.79 Å². The maximum atomic E-state index is 12.3. The summed E-state index contributed by atoms with van der Waals surface area (Å²) in [5.74, 6) is -0.761. The minimum Gasteiger partial charge on any atom is -0.481 e. The Morgan fingerprint density at radius 3 is 2.37 bits per heavy atom. The number of nitrogens with zero attached hydrogens (tertiary/aromatic N) is 2. The van der Waals surface area contributed by atoms with Crippen molar-refractivity contribution in [2.75, 3.05) is 33.3 Å². The number of hydrogen-bond donors (Lipinski definition) is 1. The van der Waals surface area contributed by atoms with Crippen LogP contribution in [-0.4, -0.2) is 66.3 Å². The van der Waals surface area contributed by atoms with Gasteiger partial charge in [0.1, 0.15) is 0 Å². The maximum absolute atomic E-state index is 12.3. The van der Waals surface area contributed by atoms with Crippen LogP contribution in [0.3, 0.4) is 0 Å². The Balaban J connectivity index is 1.92. The molecule has 2 saturated heterocycles. The van der Waals surface area contributed by atoms with E-state index in [0.29, 0.717) is 32.0 Å². The van der Waals surface area contributed by atoms with Crippen LogP contribution in [-0.2, 0) is 9.53 Å². The second kappa shape index (κ2) is 5.77. The van der Waals surface area contributed by atoms with Gasteiger partial charge < -0.3 is 19.6 Å². The van der Waals surface area contributed by atoms with Crippen LogP contribution in [0.1, 0.15) is 19.8 Å². The van der Waals surface area contributed by atoms with Crippen molar-refractivity contribution in [2.45, 2.75) is 25.9 Å². The van der Waals surface area contributed by atoms with Crippen molar-refractivity contribution < 1.29 is 19.4 Å². The van der Waals surface area contributed by atoms with Gasteiger partial charge in [-0.15, -0.1) is 0 Å². The molecule has 0 aromatic carbocycles. The lowest BCUT2D eigenvalue weighted by molar-refractivity contribution is -0.141. The predicted octanol–water partition coefficient (Wildman–Crippen LogP) is 0.870. The lowest BCUT2D eigenvalue weighted by atomic mass is 9.96. The molecule has 108 valence electrons. The van der Waals surface area contributed by atoms with Gasteiger partial charge in [0.05, 0.1) is 12.0 Å². The molecule has 0 aromatic heterocycles. The average Bonchev–Trinajstić information content (AvgIpc) is 2.88. The number of rotatable bonds is 2. The van der Waals surface area contributed by atoms with Crippen LogP contribution in [0.2, 0.25) is 0 Å². The number of ether oxygens (including phenoxy) is 1. The monoisotopic (exact) mass is 270 g/mol. The Hall–Kier alpha value is -1.30. The number of urea groups is 1. The molecule has 0 aromatic rings. The van der Waals surface area contributed by atoms with Gasteiger partial charge in [0.25, 0.3) is 0 Å². The van der Waals surface area contributed by atoms with E-state index in [-0.39, 0.29) is 12.1 Å². The number of methoxy groups -OCH3 is 1. The zero-order valence-electron chi connectivity index (χ0n) is 11.5. The number of carbonyl (C=O) groups is 2. The van der Waals surface area contributed by atoms with Gasteiger partial charge in [0.2, 0.25) is 0 Å². The third kappa shape index (κ3) is 3.00. The van der Waals surface area contributed by atoms with Gasteiger partial charge in [-0.2, -0.15) is 0 Å². The van der Waals surface area contributed by atoms with Crippen molar-refractivity contribution in [1.82, 2.24) is 9.80 Å². The van der Waals surface area contributed by atoms with E-state index in [1.54, 1.807) is 16.9 Å². The highest BCUT2D eigenvalue weighted by Gasteiger charge is 2.35. The fraction of sp³-hybridized carbons (Fsp3) is 0.846. The number of hydrogen-bond acceptors (Lipinski definition) is 3. The van der Waals surface area contributed by atoms with Crippen molar-refractivity contribution in [3.8, 4) is 0 Å². The van der Waals surface area contributed by atoms with E-state index >= 15 is 0 Å². The number of amides is 2. The second-order valence-corrected chi connectivity index (χ2v) is 5.54. The van der Waals surface area contributed by atoms with Crippen molar-refractivity contribution in [1.29, 1.82) is 0 Å². The molecule has 2 aliphatic heterocycles. The van der Waals surface area contributed by atoms with E-state index in [0.717, 1.165) is 13.0 Å². The van der Waals surface area contributed by atoms with E-state index < -0.39 is 11.9 Å². The molecular formula is C13H22N2O4. The molecule has 1 N–H and O–H groups in total. The molecule has 2 amide bonds. The first-order valence-corrected chi connectivity index (χ1v) is 6.82. The van der Waals surface area contributed by atoms with E-state index in [4.69, 9.17) is 9.84 Å². The van der Waals surface area contributed by atoms with Gasteiger partial charge >= 0.3 is 12.0 Å². The Bertz CT molecular complexity index is 361. The Kier molecular flexibility index (Phi) is 4.29. The largest absolute Gasteiger partial charge is 0.481 e. The first-order valence-electron chi connectivity index (χ1n) is 6.82. The van der Waals surface area contributed by atoms with E-state index in [1.165, 1.54) is 0 Å². The number of piperidine rings is 1. The molecule has 2 fully saturated rings. The standard InChI is InChI=1S/C13H22N2O4/c1-9-3-5-15(8-11(9)19-2)13(18)14-6-4-10(7-14)12(16)17/h9-11H,3-8H2,1-2H3,(H,16,17). The highest BCUT2D eigenvalue weighted by molar-refractivity contribution is 5.77. The van der Waals surface area contributed by atoms with Crippen LogP contribution in [0.25, 0.3) is 0 Å². The molecule has 0 aliphatic carbocycles. The third-order valence-electron chi connectivity index (χ3n) is 4.27. The van der Waals surface area contributed by atoms with Crippen molar-refractivity contribution in [3.63, 3.8) is 0 Å². The van der Waals surface area contributed by atoms with E-state index in [1.807, 2.05) is 0 Å². The molecule has 2 aliphatic rings. The lowest BCUT2D eigenvalue weighted by Crippen LogP contribution is -2.51. The number of likely N-dealkylation sites (tertiary alicyclic amines) is 2. The topological polar surface area (TPSA) is 70.1 Å². The summed E-state index contributed by atoms with van der Waals surface area (Å²) in [6.07, 6.45) is 1.56. The molecule has 0 saturated carbocycles. The van der Waals surface area contributed by atoms with Crippen LogP contribution in [0.15, 0.2) is 0 Å². The Labute approximate surface area is 113 Å². The highest BCUT2D eigenvalue weighted by atomic mass is 16.5. The van der Waals surface area contributed by atoms with Crippen molar-refractivity contribution in [3.05, 3.63) is 0 Å². The Morgan fingerprint density at radius 2 is 1.79 bits per heavy atom. The molecular weight excluding hydrogens is 248 g/mol. The third-order valence-corrected chi connectivity index (χ3v) is 4.27. The van der Waals surface area contributed by atoms with E-state index in [9.17, 15) is 9.59 Å². The molecule has 2 rings (SSSR count). The minimum absolute atomic E-state index is 0.0438. The molecule has 0 bridgehead atoms. The van der Waals surface area contributed by atoms with Gasteiger partial charge in [-0.05, 0) is 18.8 Å². The molecule has 19 heavy (non-hydrogen) atoms. The predicted molar refractivity (Wildman–Crippen MR) is 68.9 cm³/mol. The number of aliphatic carboxylic acids is 1. The van der Waals surface area contributed by atoms with Crippen LogP contribution in [0, 0.1) is 11.8 Å². The van der Waals surface area contributed by atoms with Crippen LogP contribution < -0.4 is 0 Å². The van der Waals surface area contributed by atoms with Gasteiger partial charge in [-0.25, -0.2) is 4.79 Å². The van der Waals surface area contributed by atoms with Gasteiger partial charge in [0, 0.05) is 33.3 Å². The summed E-state index contributed by atoms with van der Waals surface area (Å²) in [4.78, 5) is 26.7. The maximum Gasteiger partial charge on any atom is 0.320 e. The fourth-order valence-corrected chi connectivity index (χ4v) is 2.85. The van der Waals surface area contributed by atoms with Gasteiger partial charge in [-0.3, -0.25) is 4.79 Å². The molecule has 3 unspecified atom stereocenters. The Morgan fingerprint density at radius 1 is 1.16 bits per heavy atom. The molecule has 3 atom stereocenters. The molecule has 6 heteroatoms. The normalized spacial score (nSPS) is 31.6. The molecule has 0 radical (unpaired) electrons. The average molecular weight is 270 g/mol. The summed E-state index contributed by atoms with van der Waals surface area (Å²) in [5.41, 5.74) is 0. The summed E-state index contributed by atoms with van der Waals surface area (Å²) in [6.45, 7) is 4.34. The summed E-state index contributed by atoms with van der Waals surface area (Å²) in [5, 5.41) is 8.97. The van der Waals surface area contributed by atoms with Crippen molar-refractivity contribution in [2.24, 2.45) is 11.8 Å². The highest BCUT2D eigenvalue weighted by Crippen LogP contribution is 2.23. The van der Waals surface area contributed by atoms with Crippen molar-refractivity contribution >= 4 is 12.0 Å². The summed E-state index contributed by atoms with van der Waals surface area (Å²) >= 11 is 0. The number of carboxylic acid groups (broad SMARTS) is 1. The molecule has 0 spiro atoms. The van der Waals surface area contributed by atoms with Gasteiger partial charge in [-0.1, -0.05) is 6.92 Å². The summed E-state index contributed by atoms with van der Waals surface area (Å²) in [7, 11) is 1.67. The zero-order chi connectivity index (χ0) is 14.0. The van der Waals surface area contributed by atoms with E-state index in [2.05, 4.69) is 6.92 Å². The number of carbonyl (C=O) groups excluding carboxylic acids is 1. The van der Waals surface area contributed by atoms with Crippen LogP contribution >= 0.6 is 0 Å².